The molecule has 0 saturated carbocycles. The molecule has 0 unspecified atom stereocenters. The Hall–Kier alpha value is -2.24. The van der Waals surface area contributed by atoms with Crippen LogP contribution in [-0.2, 0) is 0 Å². The summed E-state index contributed by atoms with van der Waals surface area (Å²) in [6, 6.07) is 11.6. The molecule has 6 rings (SSSR count). The van der Waals surface area contributed by atoms with E-state index < -0.39 is 0 Å². The average Bonchev–Trinajstić information content (AvgIpc) is 3.36. The number of furan rings is 1. The minimum atomic E-state index is 0.0660. The molecule has 3 aromatic rings. The number of rotatable bonds is 5. The molecule has 1 aromatic carbocycles. The number of ketones is 2. The molecular formula is C23H23NO3S. The topological polar surface area (TPSA) is 50.5 Å². The van der Waals surface area contributed by atoms with Gasteiger partial charge in [0.05, 0.1) is 4.88 Å². The summed E-state index contributed by atoms with van der Waals surface area (Å²) in [6.07, 6.45) is 3.02. The average molecular weight is 394 g/mol. The molecule has 0 spiro atoms. The van der Waals surface area contributed by atoms with Gasteiger partial charge < -0.3 is 9.32 Å². The van der Waals surface area contributed by atoms with Crippen LogP contribution in [0.25, 0.3) is 21.4 Å². The molecule has 4 nitrogen and oxygen atoms in total. The Morgan fingerprint density at radius 1 is 1.18 bits per heavy atom. The van der Waals surface area contributed by atoms with Gasteiger partial charge in [-0.1, -0.05) is 12.1 Å². The Morgan fingerprint density at radius 3 is 2.68 bits per heavy atom. The molecule has 3 fully saturated rings. The van der Waals surface area contributed by atoms with Crippen LogP contribution in [-0.4, -0.2) is 36.1 Å². The molecule has 28 heavy (non-hydrogen) atoms. The van der Waals surface area contributed by atoms with Crippen molar-refractivity contribution in [3.05, 3.63) is 47.0 Å². The first-order chi connectivity index (χ1) is 13.6. The van der Waals surface area contributed by atoms with Gasteiger partial charge >= 0.3 is 0 Å². The number of piperidine rings is 3. The summed E-state index contributed by atoms with van der Waals surface area (Å²) in [6.45, 7) is 5.00. The van der Waals surface area contributed by atoms with Gasteiger partial charge in [-0.15, -0.1) is 11.3 Å². The minimum absolute atomic E-state index is 0.0660. The van der Waals surface area contributed by atoms with E-state index in [2.05, 4.69) is 4.90 Å². The van der Waals surface area contributed by atoms with Gasteiger partial charge in [-0.3, -0.25) is 9.59 Å². The monoisotopic (exact) mass is 393 g/mol. The maximum absolute atomic E-state index is 12.9. The summed E-state index contributed by atoms with van der Waals surface area (Å²) >= 11 is 1.46. The van der Waals surface area contributed by atoms with Gasteiger partial charge in [0.25, 0.3) is 0 Å². The lowest BCUT2D eigenvalue weighted by Crippen LogP contribution is -2.47. The predicted molar refractivity (Wildman–Crippen MR) is 111 cm³/mol. The normalized spacial score (nSPS) is 24.0. The number of thiophene rings is 1. The number of para-hydroxylation sites is 1. The van der Waals surface area contributed by atoms with E-state index in [1.54, 1.807) is 6.92 Å². The molecule has 144 valence electrons. The summed E-state index contributed by atoms with van der Waals surface area (Å²) in [5.41, 5.74) is 1.67. The molecule has 3 aliphatic rings. The number of hydrogen-bond donors (Lipinski definition) is 0. The largest absolute Gasteiger partial charge is 0.452 e. The Morgan fingerprint density at radius 2 is 2.00 bits per heavy atom. The fraction of sp³-hybridized carbons (Fsp3) is 0.391. The fourth-order valence-electron chi connectivity index (χ4n) is 4.72. The van der Waals surface area contributed by atoms with Crippen molar-refractivity contribution in [1.82, 2.24) is 4.90 Å². The van der Waals surface area contributed by atoms with Crippen molar-refractivity contribution in [3.63, 3.8) is 0 Å². The Labute approximate surface area is 168 Å². The Kier molecular flexibility index (Phi) is 4.44. The number of fused-ring (bicyclic) bond motifs is 4. The number of benzene rings is 1. The van der Waals surface area contributed by atoms with Gasteiger partial charge in [-0.2, -0.15) is 0 Å². The van der Waals surface area contributed by atoms with Gasteiger partial charge in [0.1, 0.15) is 5.58 Å². The smallest absolute Gasteiger partial charge is 0.198 e. The lowest BCUT2D eigenvalue weighted by atomic mass is 9.76. The number of hydrogen-bond acceptors (Lipinski definition) is 5. The van der Waals surface area contributed by atoms with Crippen LogP contribution in [0.15, 0.2) is 40.8 Å². The van der Waals surface area contributed by atoms with E-state index >= 15 is 0 Å². The second kappa shape index (κ2) is 6.98. The highest BCUT2D eigenvalue weighted by molar-refractivity contribution is 7.17. The molecule has 3 saturated heterocycles. The zero-order chi connectivity index (χ0) is 19.3. The third kappa shape index (κ3) is 3.12. The second-order valence-corrected chi connectivity index (χ2v) is 9.16. The van der Waals surface area contributed by atoms with E-state index in [0.717, 1.165) is 32.8 Å². The first kappa shape index (κ1) is 17.8. The van der Waals surface area contributed by atoms with Crippen molar-refractivity contribution in [2.75, 3.05) is 19.6 Å². The zero-order valence-electron chi connectivity index (χ0n) is 15.9. The van der Waals surface area contributed by atoms with Gasteiger partial charge in [-0.25, -0.2) is 0 Å². The van der Waals surface area contributed by atoms with Crippen LogP contribution in [0.2, 0.25) is 0 Å². The van der Waals surface area contributed by atoms with Crippen LogP contribution in [0.5, 0.6) is 0 Å². The zero-order valence-corrected chi connectivity index (χ0v) is 16.8. The van der Waals surface area contributed by atoms with Crippen LogP contribution in [0, 0.1) is 11.8 Å². The standard InChI is InChI=1S/C23H23NO3S/c1-14(25)21-5-6-22(28-21)18-4-2-3-16-12-20(27-23(16)18)19(26)11-17-13-24-9-7-15(17)8-10-24/h2-6,12,15,17H,7-11,13H2,1H3/t17-/m0/s1. The predicted octanol–water partition coefficient (Wildman–Crippen LogP) is 5.28. The van der Waals surface area contributed by atoms with Crippen LogP contribution in [0.3, 0.4) is 0 Å². The molecule has 1 atom stereocenters. The summed E-state index contributed by atoms with van der Waals surface area (Å²) in [5, 5.41) is 0.938. The van der Waals surface area contributed by atoms with E-state index in [4.69, 9.17) is 4.42 Å². The molecular weight excluding hydrogens is 370 g/mol. The molecule has 3 aliphatic heterocycles. The summed E-state index contributed by atoms with van der Waals surface area (Å²) in [4.78, 5) is 28.8. The summed E-state index contributed by atoms with van der Waals surface area (Å²) in [7, 11) is 0. The molecule has 0 N–H and O–H groups in total. The highest BCUT2D eigenvalue weighted by atomic mass is 32.1. The van der Waals surface area contributed by atoms with E-state index in [0.29, 0.717) is 24.0 Å². The Bertz CT molecular complexity index is 1050. The maximum atomic E-state index is 12.9. The molecule has 2 aromatic heterocycles. The quantitative estimate of drug-likeness (QED) is 0.554. The molecule has 0 radical (unpaired) electrons. The van der Waals surface area contributed by atoms with Gasteiger partial charge in [0, 0.05) is 28.8 Å². The first-order valence-corrected chi connectivity index (χ1v) is 10.8. The van der Waals surface area contributed by atoms with E-state index in [-0.39, 0.29) is 11.6 Å². The van der Waals surface area contributed by atoms with Crippen LogP contribution in [0.4, 0.5) is 0 Å². The van der Waals surface area contributed by atoms with E-state index in [9.17, 15) is 9.59 Å². The highest BCUT2D eigenvalue weighted by Crippen LogP contribution is 2.37. The lowest BCUT2D eigenvalue weighted by molar-refractivity contribution is 0.0433. The minimum Gasteiger partial charge on any atom is -0.452 e. The van der Waals surface area contributed by atoms with Crippen molar-refractivity contribution in [2.45, 2.75) is 26.2 Å². The summed E-state index contributed by atoms with van der Waals surface area (Å²) < 4.78 is 6.07. The van der Waals surface area contributed by atoms with Crippen molar-refractivity contribution >= 4 is 33.9 Å². The Balaban J connectivity index is 1.43. The first-order valence-electron chi connectivity index (χ1n) is 9.98. The SMILES string of the molecule is CC(=O)c1ccc(-c2cccc3cc(C(=O)C[C@H]4CN5CCC4CC5)oc23)s1. The van der Waals surface area contributed by atoms with Crippen LogP contribution >= 0.6 is 11.3 Å². The number of nitrogens with zero attached hydrogens (tertiary/aromatic N) is 1. The fourth-order valence-corrected chi connectivity index (χ4v) is 5.65. The van der Waals surface area contributed by atoms with Gasteiger partial charge in [0.2, 0.25) is 0 Å². The van der Waals surface area contributed by atoms with E-state index in [1.165, 1.54) is 37.3 Å². The van der Waals surface area contributed by atoms with Crippen molar-refractivity contribution in [3.8, 4) is 10.4 Å². The van der Waals surface area contributed by atoms with E-state index in [1.807, 2.05) is 36.4 Å². The van der Waals surface area contributed by atoms with Gasteiger partial charge in [0.15, 0.2) is 17.3 Å². The molecule has 0 amide bonds. The third-order valence-corrected chi connectivity index (χ3v) is 7.50. The van der Waals surface area contributed by atoms with Gasteiger partial charge in [-0.05, 0) is 69.0 Å². The highest BCUT2D eigenvalue weighted by Gasteiger charge is 2.35. The van der Waals surface area contributed by atoms with Crippen molar-refractivity contribution in [2.24, 2.45) is 11.8 Å². The second-order valence-electron chi connectivity index (χ2n) is 8.08. The number of carbonyl (C=O) groups is 2. The lowest BCUT2D eigenvalue weighted by Gasteiger charge is -2.44. The van der Waals surface area contributed by atoms with Crippen molar-refractivity contribution in [1.29, 1.82) is 0 Å². The molecule has 5 heteroatoms. The van der Waals surface area contributed by atoms with Crippen LogP contribution in [0.1, 0.15) is 46.4 Å². The third-order valence-electron chi connectivity index (χ3n) is 6.28. The molecule has 0 aliphatic carbocycles. The maximum Gasteiger partial charge on any atom is 0.198 e. The number of Topliss-reactive ketones (excluding diaryl/α,β-unsaturated/α-hetero) is 2. The van der Waals surface area contributed by atoms with Crippen LogP contribution < -0.4 is 0 Å². The molecule has 5 heterocycles. The number of carbonyl (C=O) groups excluding carboxylic acids is 2. The van der Waals surface area contributed by atoms with Crippen molar-refractivity contribution < 1.29 is 14.0 Å². The summed E-state index contributed by atoms with van der Waals surface area (Å²) in [5.74, 6) is 1.78. The molecule has 2 bridgehead atoms.